The van der Waals surface area contributed by atoms with Gasteiger partial charge in [-0.25, -0.2) is 5.48 Å². The first-order valence-electron chi connectivity index (χ1n) is 7.72. The minimum atomic E-state index is -1.25. The predicted octanol–water partition coefficient (Wildman–Crippen LogP) is 2.43. The monoisotopic (exact) mass is 380 g/mol. The van der Waals surface area contributed by atoms with Crippen LogP contribution in [0.2, 0.25) is 0 Å². The van der Waals surface area contributed by atoms with Gasteiger partial charge in [-0.3, -0.25) is 14.8 Å². The Labute approximate surface area is 156 Å². The molecular formula is C18H24N2O5S. The Morgan fingerprint density at radius 1 is 1.27 bits per heavy atom. The van der Waals surface area contributed by atoms with Gasteiger partial charge in [-0.15, -0.1) is 11.3 Å². The van der Waals surface area contributed by atoms with Crippen molar-refractivity contribution in [2.75, 3.05) is 6.61 Å². The van der Waals surface area contributed by atoms with E-state index in [4.69, 9.17) is 9.94 Å². The molecule has 2 amide bonds. The molecule has 0 fully saturated rings. The van der Waals surface area contributed by atoms with E-state index in [1.807, 2.05) is 31.2 Å². The minimum absolute atomic E-state index is 0. The predicted molar refractivity (Wildman–Crippen MR) is 101 cm³/mol. The van der Waals surface area contributed by atoms with Crippen molar-refractivity contribution in [3.05, 3.63) is 41.3 Å². The van der Waals surface area contributed by atoms with Crippen molar-refractivity contribution in [3.63, 3.8) is 0 Å². The van der Waals surface area contributed by atoms with Crippen molar-refractivity contribution < 1.29 is 24.6 Å². The van der Waals surface area contributed by atoms with Crippen molar-refractivity contribution >= 4 is 23.2 Å². The lowest BCUT2D eigenvalue weighted by Crippen LogP contribution is -2.51. The average molecular weight is 380 g/mol. The standard InChI is InChI=1S/C17H20N2O5S.CH4/c1-3-24-12-6-4-5-11(9-12)13-7-8-14(25-13)16(21)18-15(10(2)20)17(22)19-23;/h4-10,15,20,23H,3H2,1-2H3,(H,18,21)(H,19,22);1H4/t10-,15+;/m1./s1. The SMILES string of the molecule is C.CCOc1cccc(-c2ccc(C(=O)N[C@H](C(=O)NO)[C@@H](C)O)s2)c1. The van der Waals surface area contributed by atoms with Gasteiger partial charge in [0.05, 0.1) is 17.6 Å². The summed E-state index contributed by atoms with van der Waals surface area (Å²) in [4.78, 5) is 25.0. The highest BCUT2D eigenvalue weighted by Crippen LogP contribution is 2.30. The average Bonchev–Trinajstić information content (AvgIpc) is 3.09. The summed E-state index contributed by atoms with van der Waals surface area (Å²) in [5.74, 6) is -0.649. The highest BCUT2D eigenvalue weighted by molar-refractivity contribution is 7.17. The van der Waals surface area contributed by atoms with Gasteiger partial charge in [0.15, 0.2) is 0 Å². The van der Waals surface area contributed by atoms with Crippen LogP contribution in [-0.2, 0) is 4.79 Å². The first-order chi connectivity index (χ1) is 12.0. The van der Waals surface area contributed by atoms with E-state index in [1.165, 1.54) is 23.7 Å². The number of nitrogens with one attached hydrogen (secondary N) is 2. The number of aliphatic hydroxyl groups excluding tert-OH is 1. The molecular weight excluding hydrogens is 356 g/mol. The molecule has 0 aliphatic heterocycles. The van der Waals surface area contributed by atoms with Gasteiger partial charge >= 0.3 is 0 Å². The van der Waals surface area contributed by atoms with Gasteiger partial charge < -0.3 is 15.2 Å². The van der Waals surface area contributed by atoms with Crippen molar-refractivity contribution in [2.24, 2.45) is 0 Å². The molecule has 1 aromatic heterocycles. The molecule has 0 unspecified atom stereocenters. The number of aliphatic hydroxyl groups is 1. The molecule has 2 atom stereocenters. The van der Waals surface area contributed by atoms with E-state index in [2.05, 4.69) is 5.32 Å². The molecule has 0 radical (unpaired) electrons. The van der Waals surface area contributed by atoms with Crippen LogP contribution in [0.25, 0.3) is 10.4 Å². The Morgan fingerprint density at radius 3 is 2.62 bits per heavy atom. The van der Waals surface area contributed by atoms with E-state index < -0.39 is 24.0 Å². The van der Waals surface area contributed by atoms with Crippen LogP contribution in [0.15, 0.2) is 36.4 Å². The van der Waals surface area contributed by atoms with Crippen LogP contribution >= 0.6 is 11.3 Å². The Morgan fingerprint density at radius 2 is 2.00 bits per heavy atom. The summed E-state index contributed by atoms with van der Waals surface area (Å²) in [5, 5.41) is 20.7. The molecule has 0 saturated heterocycles. The zero-order valence-electron chi connectivity index (χ0n) is 13.9. The van der Waals surface area contributed by atoms with Crippen LogP contribution in [0.5, 0.6) is 5.75 Å². The van der Waals surface area contributed by atoms with E-state index in [1.54, 1.807) is 12.1 Å². The van der Waals surface area contributed by atoms with E-state index in [9.17, 15) is 14.7 Å². The maximum Gasteiger partial charge on any atom is 0.268 e. The Bertz CT molecular complexity index is 745. The quantitative estimate of drug-likeness (QED) is 0.436. The fraction of sp³-hybridized carbons (Fsp3) is 0.333. The van der Waals surface area contributed by atoms with E-state index in [-0.39, 0.29) is 7.43 Å². The summed E-state index contributed by atoms with van der Waals surface area (Å²) >= 11 is 1.25. The largest absolute Gasteiger partial charge is 0.494 e. The summed E-state index contributed by atoms with van der Waals surface area (Å²) in [5.41, 5.74) is 2.34. The van der Waals surface area contributed by atoms with Gasteiger partial charge in [-0.2, -0.15) is 0 Å². The van der Waals surface area contributed by atoms with E-state index in [0.717, 1.165) is 16.2 Å². The normalized spacial score (nSPS) is 12.5. The second-order valence-corrected chi connectivity index (χ2v) is 6.38. The highest BCUT2D eigenvalue weighted by Gasteiger charge is 2.26. The zero-order chi connectivity index (χ0) is 18.4. The summed E-state index contributed by atoms with van der Waals surface area (Å²) < 4.78 is 5.47. The Balaban J connectivity index is 0.00000338. The van der Waals surface area contributed by atoms with E-state index >= 15 is 0 Å². The fourth-order valence-corrected chi connectivity index (χ4v) is 3.11. The molecule has 2 rings (SSSR count). The molecule has 0 spiro atoms. The molecule has 1 aromatic carbocycles. The first kappa shape index (κ1) is 21.6. The van der Waals surface area contributed by atoms with Crippen LogP contribution in [0.4, 0.5) is 0 Å². The Kier molecular flexibility index (Phi) is 8.24. The van der Waals surface area contributed by atoms with Gasteiger partial charge in [0.1, 0.15) is 11.8 Å². The molecule has 4 N–H and O–H groups in total. The molecule has 0 aliphatic carbocycles. The summed E-state index contributed by atoms with van der Waals surface area (Å²) in [7, 11) is 0. The number of rotatable bonds is 7. The van der Waals surface area contributed by atoms with Crippen LogP contribution < -0.4 is 15.5 Å². The fourth-order valence-electron chi connectivity index (χ4n) is 2.21. The van der Waals surface area contributed by atoms with Crippen LogP contribution in [0, 0.1) is 0 Å². The van der Waals surface area contributed by atoms with Gasteiger partial charge in [0.2, 0.25) is 0 Å². The molecule has 7 nitrogen and oxygen atoms in total. The molecule has 0 saturated carbocycles. The Hall–Kier alpha value is -2.42. The molecule has 1 heterocycles. The molecule has 26 heavy (non-hydrogen) atoms. The maximum absolute atomic E-state index is 12.3. The van der Waals surface area contributed by atoms with Crippen molar-refractivity contribution in [3.8, 4) is 16.2 Å². The number of benzene rings is 1. The maximum atomic E-state index is 12.3. The number of ether oxygens (including phenoxy) is 1. The number of carbonyl (C=O) groups excluding carboxylic acids is 2. The van der Waals surface area contributed by atoms with Gasteiger partial charge in [0.25, 0.3) is 11.8 Å². The second-order valence-electron chi connectivity index (χ2n) is 5.29. The smallest absolute Gasteiger partial charge is 0.268 e. The first-order valence-corrected chi connectivity index (χ1v) is 8.53. The summed E-state index contributed by atoms with van der Waals surface area (Å²) in [6.45, 7) is 3.82. The van der Waals surface area contributed by atoms with Gasteiger partial charge in [0, 0.05) is 4.88 Å². The topological polar surface area (TPSA) is 108 Å². The van der Waals surface area contributed by atoms with Crippen LogP contribution in [0.3, 0.4) is 0 Å². The van der Waals surface area contributed by atoms with Crippen LogP contribution in [0.1, 0.15) is 30.9 Å². The number of amides is 2. The third-order valence-corrected chi connectivity index (χ3v) is 4.55. The zero-order valence-corrected chi connectivity index (χ0v) is 14.7. The number of hydrogen-bond acceptors (Lipinski definition) is 6. The summed E-state index contributed by atoms with van der Waals surface area (Å²) in [6, 6.07) is 9.71. The number of hydroxylamine groups is 1. The van der Waals surface area contributed by atoms with Gasteiger partial charge in [-0.1, -0.05) is 19.6 Å². The minimum Gasteiger partial charge on any atom is -0.494 e. The van der Waals surface area contributed by atoms with Crippen molar-refractivity contribution in [2.45, 2.75) is 33.4 Å². The molecule has 0 aliphatic rings. The lowest BCUT2D eigenvalue weighted by atomic mass is 10.1. The second kappa shape index (κ2) is 9.91. The molecule has 0 bridgehead atoms. The summed E-state index contributed by atoms with van der Waals surface area (Å²) in [6.07, 6.45) is -1.15. The van der Waals surface area contributed by atoms with E-state index in [0.29, 0.717) is 11.5 Å². The van der Waals surface area contributed by atoms with Gasteiger partial charge in [-0.05, 0) is 43.7 Å². The lowest BCUT2D eigenvalue weighted by Gasteiger charge is -2.18. The van der Waals surface area contributed by atoms with Crippen LogP contribution in [-0.4, -0.2) is 40.9 Å². The molecule has 2 aromatic rings. The number of hydrogen-bond donors (Lipinski definition) is 4. The third kappa shape index (κ3) is 5.29. The van der Waals surface area contributed by atoms with Crippen molar-refractivity contribution in [1.29, 1.82) is 0 Å². The number of thiophene rings is 1. The third-order valence-electron chi connectivity index (χ3n) is 3.42. The lowest BCUT2D eigenvalue weighted by molar-refractivity contribution is -0.133. The highest BCUT2D eigenvalue weighted by atomic mass is 32.1. The van der Waals surface area contributed by atoms with Crippen molar-refractivity contribution in [1.82, 2.24) is 10.8 Å². The molecule has 142 valence electrons. The number of carbonyl (C=O) groups is 2. The molecule has 8 heteroatoms.